The van der Waals surface area contributed by atoms with Crippen LogP contribution in [0.2, 0.25) is 0 Å². The van der Waals surface area contributed by atoms with E-state index in [0.29, 0.717) is 24.2 Å². The maximum atomic E-state index is 13.3. The highest BCUT2D eigenvalue weighted by atomic mass is 16.2. The number of hydrogen-bond donors (Lipinski definition) is 2. The van der Waals surface area contributed by atoms with Gasteiger partial charge in [-0.3, -0.25) is 39.0 Å². The van der Waals surface area contributed by atoms with Crippen LogP contribution in [-0.2, 0) is 23.2 Å². The second-order valence-corrected chi connectivity index (χ2v) is 8.70. The van der Waals surface area contributed by atoms with Gasteiger partial charge < -0.3 is 5.73 Å². The normalized spacial score (nSPS) is 26.1. The minimum absolute atomic E-state index is 0.0618. The lowest BCUT2D eigenvalue weighted by atomic mass is 9.98. The van der Waals surface area contributed by atoms with E-state index in [9.17, 15) is 19.2 Å². The van der Waals surface area contributed by atoms with Crippen LogP contribution in [0.25, 0.3) is 0 Å². The van der Waals surface area contributed by atoms with Crippen molar-refractivity contribution in [3.63, 3.8) is 0 Å². The molecule has 0 bridgehead atoms. The molecule has 1 unspecified atom stereocenters. The zero-order valence-corrected chi connectivity index (χ0v) is 17.7. The summed E-state index contributed by atoms with van der Waals surface area (Å²) in [6.07, 6.45) is 4.03. The minimum atomic E-state index is -0.969. The number of aromatic nitrogens is 2. The Labute approximate surface area is 184 Å². The number of hydrogen-bond acceptors (Lipinski definition) is 7. The number of nitrogens with two attached hydrogens (primary N) is 1. The second kappa shape index (κ2) is 7.64. The SMILES string of the molecule is Cn1cc([C@@H]2CN(Cc3cccc4c3C(=O)N(C3CCC(=O)NC3=O)C4=O)C[C@H]2N)cn1. The highest BCUT2D eigenvalue weighted by Crippen LogP contribution is 2.32. The molecule has 4 heterocycles. The summed E-state index contributed by atoms with van der Waals surface area (Å²) < 4.78 is 1.75. The van der Waals surface area contributed by atoms with E-state index < -0.39 is 29.7 Å². The Morgan fingerprint density at radius 2 is 1.97 bits per heavy atom. The molecule has 3 atom stereocenters. The lowest BCUT2D eigenvalue weighted by Gasteiger charge is -2.28. The Hall–Kier alpha value is -3.37. The molecule has 1 aromatic carbocycles. The summed E-state index contributed by atoms with van der Waals surface area (Å²) in [4.78, 5) is 53.2. The summed E-state index contributed by atoms with van der Waals surface area (Å²) in [5, 5.41) is 6.46. The molecule has 3 N–H and O–H groups in total. The number of fused-ring (bicyclic) bond motifs is 1. The number of nitrogens with zero attached hydrogens (tertiary/aromatic N) is 4. The van der Waals surface area contributed by atoms with Crippen LogP contribution < -0.4 is 11.1 Å². The first-order chi connectivity index (χ1) is 15.3. The maximum Gasteiger partial charge on any atom is 0.262 e. The van der Waals surface area contributed by atoms with Crippen LogP contribution in [0.1, 0.15) is 50.6 Å². The van der Waals surface area contributed by atoms with Gasteiger partial charge in [0.1, 0.15) is 6.04 Å². The average Bonchev–Trinajstić information content (AvgIpc) is 3.40. The summed E-state index contributed by atoms with van der Waals surface area (Å²) in [6.45, 7) is 1.84. The van der Waals surface area contributed by atoms with Gasteiger partial charge in [0, 0.05) is 51.3 Å². The van der Waals surface area contributed by atoms with Crippen LogP contribution in [0.15, 0.2) is 30.6 Å². The molecule has 2 fully saturated rings. The summed E-state index contributed by atoms with van der Waals surface area (Å²) in [6, 6.07) is 4.17. The zero-order chi connectivity index (χ0) is 22.6. The monoisotopic (exact) mass is 436 g/mol. The van der Waals surface area contributed by atoms with Gasteiger partial charge in [-0.15, -0.1) is 0 Å². The van der Waals surface area contributed by atoms with Crippen molar-refractivity contribution in [1.82, 2.24) is 24.9 Å². The van der Waals surface area contributed by atoms with E-state index in [1.54, 1.807) is 16.8 Å². The molecule has 10 heteroatoms. The lowest BCUT2D eigenvalue weighted by Crippen LogP contribution is -2.54. The predicted molar refractivity (Wildman–Crippen MR) is 112 cm³/mol. The van der Waals surface area contributed by atoms with Gasteiger partial charge in [-0.25, -0.2) is 0 Å². The Morgan fingerprint density at radius 1 is 1.16 bits per heavy atom. The molecule has 1 aromatic heterocycles. The number of imide groups is 2. The third-order valence-electron chi connectivity index (χ3n) is 6.54. The molecule has 2 saturated heterocycles. The van der Waals surface area contributed by atoms with Crippen LogP contribution in [0.5, 0.6) is 0 Å². The van der Waals surface area contributed by atoms with Gasteiger partial charge in [0.2, 0.25) is 11.8 Å². The highest BCUT2D eigenvalue weighted by Gasteiger charge is 2.45. The van der Waals surface area contributed by atoms with Crippen molar-refractivity contribution in [2.75, 3.05) is 13.1 Å². The van der Waals surface area contributed by atoms with Gasteiger partial charge in [0.05, 0.1) is 17.3 Å². The maximum absolute atomic E-state index is 13.3. The molecular formula is C22H24N6O4. The Bertz CT molecular complexity index is 1140. The number of piperidine rings is 1. The van der Waals surface area contributed by atoms with Crippen molar-refractivity contribution in [2.45, 2.75) is 37.4 Å². The molecule has 3 aliphatic rings. The van der Waals surface area contributed by atoms with Crippen LogP contribution in [0.4, 0.5) is 0 Å². The molecular weight excluding hydrogens is 412 g/mol. The van der Waals surface area contributed by atoms with Crippen molar-refractivity contribution in [1.29, 1.82) is 0 Å². The first kappa shape index (κ1) is 20.5. The third kappa shape index (κ3) is 3.32. The predicted octanol–water partition coefficient (Wildman–Crippen LogP) is -0.252. The average molecular weight is 436 g/mol. The number of aryl methyl sites for hydroxylation is 1. The van der Waals surface area contributed by atoms with Crippen molar-refractivity contribution >= 4 is 23.6 Å². The van der Waals surface area contributed by atoms with E-state index in [4.69, 9.17) is 5.73 Å². The van der Waals surface area contributed by atoms with E-state index in [2.05, 4.69) is 15.3 Å². The first-order valence-electron chi connectivity index (χ1n) is 10.6. The van der Waals surface area contributed by atoms with Crippen LogP contribution in [0, 0.1) is 0 Å². The van der Waals surface area contributed by atoms with Crippen LogP contribution >= 0.6 is 0 Å². The number of carbonyl (C=O) groups is 4. The number of benzene rings is 1. The summed E-state index contributed by atoms with van der Waals surface area (Å²) in [5.41, 5.74) is 8.83. The van der Waals surface area contributed by atoms with Crippen molar-refractivity contribution in [3.8, 4) is 0 Å². The minimum Gasteiger partial charge on any atom is -0.326 e. The second-order valence-electron chi connectivity index (χ2n) is 8.70. The summed E-state index contributed by atoms with van der Waals surface area (Å²) >= 11 is 0. The molecule has 2 aromatic rings. The van der Waals surface area contributed by atoms with Crippen molar-refractivity contribution in [2.24, 2.45) is 12.8 Å². The van der Waals surface area contributed by atoms with Crippen LogP contribution in [-0.4, -0.2) is 68.4 Å². The van der Waals surface area contributed by atoms with E-state index in [0.717, 1.165) is 22.6 Å². The van der Waals surface area contributed by atoms with Crippen LogP contribution in [0.3, 0.4) is 0 Å². The standard InChI is InChI=1S/C22H24N6O4/c1-26-8-13(7-24-26)15-10-27(11-16(15)23)9-12-3-2-4-14-19(12)22(32)28(21(14)31)17-5-6-18(29)25-20(17)30/h2-4,7-8,15-17H,5-6,9-11,23H2,1H3,(H,25,29,30)/t15-,16+,17?/m0/s1. The van der Waals surface area contributed by atoms with Crippen molar-refractivity contribution < 1.29 is 19.2 Å². The fraction of sp³-hybridized carbons (Fsp3) is 0.409. The molecule has 10 nitrogen and oxygen atoms in total. The molecule has 32 heavy (non-hydrogen) atoms. The number of carbonyl (C=O) groups excluding carboxylic acids is 4. The van der Waals surface area contributed by atoms with Gasteiger partial charge in [-0.2, -0.15) is 5.10 Å². The highest BCUT2D eigenvalue weighted by molar-refractivity contribution is 6.24. The molecule has 3 aliphatic heterocycles. The zero-order valence-electron chi connectivity index (χ0n) is 17.7. The van der Waals surface area contributed by atoms with E-state index in [-0.39, 0.29) is 24.8 Å². The molecule has 0 spiro atoms. The number of likely N-dealkylation sites (tertiary alicyclic amines) is 1. The van der Waals surface area contributed by atoms with E-state index in [1.165, 1.54) is 0 Å². The number of amides is 4. The van der Waals surface area contributed by atoms with E-state index in [1.807, 2.05) is 25.5 Å². The number of rotatable bonds is 4. The van der Waals surface area contributed by atoms with Gasteiger partial charge in [-0.05, 0) is 23.6 Å². The Balaban J connectivity index is 1.38. The quantitative estimate of drug-likeness (QED) is 0.632. The van der Waals surface area contributed by atoms with Gasteiger partial charge in [0.15, 0.2) is 0 Å². The Morgan fingerprint density at radius 3 is 2.69 bits per heavy atom. The molecule has 0 aliphatic carbocycles. The third-order valence-corrected chi connectivity index (χ3v) is 6.54. The fourth-order valence-corrected chi connectivity index (χ4v) is 4.98. The van der Waals surface area contributed by atoms with Crippen molar-refractivity contribution in [3.05, 3.63) is 52.8 Å². The smallest absolute Gasteiger partial charge is 0.262 e. The summed E-state index contributed by atoms with van der Waals surface area (Å²) in [5.74, 6) is -1.84. The largest absolute Gasteiger partial charge is 0.326 e. The lowest BCUT2D eigenvalue weighted by molar-refractivity contribution is -0.136. The van der Waals surface area contributed by atoms with E-state index >= 15 is 0 Å². The van der Waals surface area contributed by atoms with Gasteiger partial charge >= 0.3 is 0 Å². The molecule has 4 amide bonds. The Kier molecular flexibility index (Phi) is 4.90. The topological polar surface area (TPSA) is 131 Å². The molecule has 166 valence electrons. The molecule has 0 saturated carbocycles. The summed E-state index contributed by atoms with van der Waals surface area (Å²) in [7, 11) is 1.87. The van der Waals surface area contributed by atoms with Gasteiger partial charge in [0.25, 0.3) is 11.8 Å². The number of nitrogens with one attached hydrogen (secondary N) is 1. The molecule has 5 rings (SSSR count). The first-order valence-corrected chi connectivity index (χ1v) is 10.6. The fourth-order valence-electron chi connectivity index (χ4n) is 4.98. The van der Waals surface area contributed by atoms with Gasteiger partial charge in [-0.1, -0.05) is 12.1 Å². The molecule has 0 radical (unpaired) electrons.